The van der Waals surface area contributed by atoms with Crippen LogP contribution in [0.4, 0.5) is 5.82 Å². The first-order chi connectivity index (χ1) is 5.11. The molecule has 0 radical (unpaired) electrons. The van der Waals surface area contributed by atoms with Crippen molar-refractivity contribution in [2.45, 2.75) is 33.7 Å². The van der Waals surface area contributed by atoms with Crippen LogP contribution in [0.2, 0.25) is 0 Å². The normalized spacial score (nSPS) is 10.6. The lowest BCUT2D eigenvalue weighted by atomic mass is 10.3. The van der Waals surface area contributed by atoms with Gasteiger partial charge >= 0.3 is 0 Å². The van der Waals surface area contributed by atoms with Crippen LogP contribution < -0.4 is 5.32 Å². The number of hydrogen-bond acceptors (Lipinski definition) is 3. The molecule has 0 saturated heterocycles. The van der Waals surface area contributed by atoms with Gasteiger partial charge in [0.1, 0.15) is 5.76 Å². The van der Waals surface area contributed by atoms with Gasteiger partial charge in [-0.3, -0.25) is 0 Å². The molecule has 0 atom stereocenters. The van der Waals surface area contributed by atoms with Crippen LogP contribution in [0.25, 0.3) is 0 Å². The van der Waals surface area contributed by atoms with Crippen LogP contribution in [0, 0.1) is 13.8 Å². The lowest BCUT2D eigenvalue weighted by molar-refractivity contribution is 0.398. The molecule has 0 unspecified atom stereocenters. The number of rotatable bonds is 2. The Labute approximate surface area is 66.8 Å². The number of aryl methyl sites for hydroxylation is 1. The van der Waals surface area contributed by atoms with Crippen LogP contribution in [0.3, 0.4) is 0 Å². The van der Waals surface area contributed by atoms with Crippen molar-refractivity contribution in [1.29, 1.82) is 0 Å². The number of nitrogens with zero attached hydrogens (tertiary/aromatic N) is 1. The highest BCUT2D eigenvalue weighted by Gasteiger charge is 2.07. The standard InChI is InChI=1S/C8H14N2O/c1-5(2)9-8-6(3)7(4)11-10-8/h5H,1-4H3,(H,9,10). The van der Waals surface area contributed by atoms with Gasteiger partial charge in [-0.1, -0.05) is 5.16 Å². The molecule has 0 aliphatic heterocycles. The molecule has 3 nitrogen and oxygen atoms in total. The van der Waals surface area contributed by atoms with E-state index >= 15 is 0 Å². The Balaban J connectivity index is 2.79. The van der Waals surface area contributed by atoms with Gasteiger partial charge in [0.05, 0.1) is 0 Å². The topological polar surface area (TPSA) is 38.1 Å². The van der Waals surface area contributed by atoms with E-state index in [0.29, 0.717) is 6.04 Å². The molecule has 0 aliphatic carbocycles. The van der Waals surface area contributed by atoms with E-state index in [4.69, 9.17) is 4.52 Å². The monoisotopic (exact) mass is 154 g/mol. The first-order valence-electron chi connectivity index (χ1n) is 3.80. The van der Waals surface area contributed by atoms with Crippen molar-refractivity contribution < 1.29 is 4.52 Å². The fourth-order valence-electron chi connectivity index (χ4n) is 0.826. The Morgan fingerprint density at radius 2 is 2.00 bits per heavy atom. The summed E-state index contributed by atoms with van der Waals surface area (Å²) in [5.74, 6) is 1.74. The molecule has 1 aromatic rings. The summed E-state index contributed by atoms with van der Waals surface area (Å²) >= 11 is 0. The summed E-state index contributed by atoms with van der Waals surface area (Å²) in [7, 11) is 0. The molecule has 0 aliphatic rings. The summed E-state index contributed by atoms with van der Waals surface area (Å²) in [6.07, 6.45) is 0. The minimum Gasteiger partial charge on any atom is -0.365 e. The highest BCUT2D eigenvalue weighted by molar-refractivity contribution is 5.44. The van der Waals surface area contributed by atoms with E-state index < -0.39 is 0 Å². The second kappa shape index (κ2) is 2.95. The van der Waals surface area contributed by atoms with Gasteiger partial charge in [-0.05, 0) is 27.7 Å². The lowest BCUT2D eigenvalue weighted by Gasteiger charge is -2.05. The Bertz CT molecular complexity index is 240. The molecule has 1 rings (SSSR count). The van der Waals surface area contributed by atoms with Crippen LogP contribution in [0.15, 0.2) is 4.52 Å². The third-order valence-electron chi connectivity index (χ3n) is 1.58. The maximum absolute atomic E-state index is 4.98. The largest absolute Gasteiger partial charge is 0.365 e. The van der Waals surface area contributed by atoms with Crippen molar-refractivity contribution in [3.8, 4) is 0 Å². The van der Waals surface area contributed by atoms with Gasteiger partial charge < -0.3 is 9.84 Å². The molecule has 0 saturated carbocycles. The van der Waals surface area contributed by atoms with Crippen LogP contribution in [-0.2, 0) is 0 Å². The molecule has 1 N–H and O–H groups in total. The van der Waals surface area contributed by atoms with Gasteiger partial charge in [0.15, 0.2) is 5.82 Å². The molecule has 0 bridgehead atoms. The minimum atomic E-state index is 0.401. The third-order valence-corrected chi connectivity index (χ3v) is 1.58. The predicted molar refractivity (Wildman–Crippen MR) is 44.7 cm³/mol. The summed E-state index contributed by atoms with van der Waals surface area (Å²) < 4.78 is 4.98. The predicted octanol–water partition coefficient (Wildman–Crippen LogP) is 2.11. The number of hydrogen-bond donors (Lipinski definition) is 1. The van der Waals surface area contributed by atoms with E-state index in [1.807, 2.05) is 13.8 Å². The Morgan fingerprint density at radius 1 is 1.36 bits per heavy atom. The van der Waals surface area contributed by atoms with E-state index in [1.54, 1.807) is 0 Å². The molecule has 1 aromatic heterocycles. The zero-order valence-electron chi connectivity index (χ0n) is 7.43. The lowest BCUT2D eigenvalue weighted by Crippen LogP contribution is -2.10. The van der Waals surface area contributed by atoms with E-state index in [9.17, 15) is 0 Å². The fraction of sp³-hybridized carbons (Fsp3) is 0.625. The van der Waals surface area contributed by atoms with Crippen molar-refractivity contribution in [2.75, 3.05) is 5.32 Å². The highest BCUT2D eigenvalue weighted by Crippen LogP contribution is 2.16. The first kappa shape index (κ1) is 8.11. The maximum atomic E-state index is 4.98. The molecule has 3 heteroatoms. The van der Waals surface area contributed by atoms with Gasteiger partial charge in [-0.25, -0.2) is 0 Å². The molecular formula is C8H14N2O. The average molecular weight is 154 g/mol. The molecular weight excluding hydrogens is 140 g/mol. The van der Waals surface area contributed by atoms with Crippen LogP contribution in [-0.4, -0.2) is 11.2 Å². The summed E-state index contributed by atoms with van der Waals surface area (Å²) in [5.41, 5.74) is 1.10. The number of nitrogens with one attached hydrogen (secondary N) is 1. The molecule has 0 amide bonds. The molecule has 11 heavy (non-hydrogen) atoms. The highest BCUT2D eigenvalue weighted by atomic mass is 16.5. The Hall–Kier alpha value is -0.990. The molecule has 0 fully saturated rings. The molecule has 1 heterocycles. The summed E-state index contributed by atoms with van der Waals surface area (Å²) in [6.45, 7) is 8.05. The van der Waals surface area contributed by atoms with Gasteiger partial charge in [-0.15, -0.1) is 0 Å². The minimum absolute atomic E-state index is 0.401. The van der Waals surface area contributed by atoms with Gasteiger partial charge in [-0.2, -0.15) is 0 Å². The smallest absolute Gasteiger partial charge is 0.172 e. The average Bonchev–Trinajstić information content (AvgIpc) is 2.18. The summed E-state index contributed by atoms with van der Waals surface area (Å²) in [5, 5.41) is 7.06. The first-order valence-corrected chi connectivity index (χ1v) is 3.80. The van der Waals surface area contributed by atoms with Crippen molar-refractivity contribution in [3.63, 3.8) is 0 Å². The Morgan fingerprint density at radius 3 is 2.36 bits per heavy atom. The van der Waals surface area contributed by atoms with Gasteiger partial charge in [0.25, 0.3) is 0 Å². The molecule has 0 aromatic carbocycles. The number of anilines is 1. The van der Waals surface area contributed by atoms with Gasteiger partial charge in [0.2, 0.25) is 0 Å². The molecule has 62 valence electrons. The second-order valence-electron chi connectivity index (χ2n) is 3.01. The number of aromatic nitrogens is 1. The van der Waals surface area contributed by atoms with Crippen LogP contribution in [0.5, 0.6) is 0 Å². The van der Waals surface area contributed by atoms with E-state index in [1.165, 1.54) is 0 Å². The summed E-state index contributed by atoms with van der Waals surface area (Å²) in [4.78, 5) is 0. The summed E-state index contributed by atoms with van der Waals surface area (Å²) in [6, 6.07) is 0.401. The van der Waals surface area contributed by atoms with Crippen molar-refractivity contribution >= 4 is 5.82 Å². The van der Waals surface area contributed by atoms with Crippen LogP contribution >= 0.6 is 0 Å². The van der Waals surface area contributed by atoms with E-state index in [0.717, 1.165) is 17.1 Å². The second-order valence-corrected chi connectivity index (χ2v) is 3.01. The van der Waals surface area contributed by atoms with Gasteiger partial charge in [0, 0.05) is 11.6 Å². The van der Waals surface area contributed by atoms with Crippen molar-refractivity contribution in [2.24, 2.45) is 0 Å². The van der Waals surface area contributed by atoms with Crippen LogP contribution in [0.1, 0.15) is 25.2 Å². The fourth-order valence-corrected chi connectivity index (χ4v) is 0.826. The van der Waals surface area contributed by atoms with Crippen molar-refractivity contribution in [3.05, 3.63) is 11.3 Å². The Kier molecular flexibility index (Phi) is 2.17. The maximum Gasteiger partial charge on any atom is 0.172 e. The van der Waals surface area contributed by atoms with E-state index in [2.05, 4.69) is 24.3 Å². The zero-order chi connectivity index (χ0) is 8.43. The SMILES string of the molecule is Cc1onc(NC(C)C)c1C. The molecule has 0 spiro atoms. The van der Waals surface area contributed by atoms with Crippen molar-refractivity contribution in [1.82, 2.24) is 5.16 Å². The third kappa shape index (κ3) is 1.73. The van der Waals surface area contributed by atoms with E-state index in [-0.39, 0.29) is 0 Å². The zero-order valence-corrected chi connectivity index (χ0v) is 7.43. The quantitative estimate of drug-likeness (QED) is 0.709.